The van der Waals surface area contributed by atoms with Crippen LogP contribution >= 0.6 is 0 Å². The summed E-state index contributed by atoms with van der Waals surface area (Å²) in [5.41, 5.74) is 4.26. The largest absolute Gasteiger partial charge is 0.293 e. The van der Waals surface area contributed by atoms with Crippen LogP contribution in [-0.2, 0) is 0 Å². The number of carbonyl (C=O) groups excluding carboxylic acids is 2. The van der Waals surface area contributed by atoms with Gasteiger partial charge in [-0.05, 0) is 171 Å². The highest BCUT2D eigenvalue weighted by atomic mass is 19.1. The molecule has 0 saturated heterocycles. The first-order chi connectivity index (χ1) is 30.3. The summed E-state index contributed by atoms with van der Waals surface area (Å²) in [6, 6.07) is 51.0. The van der Waals surface area contributed by atoms with Gasteiger partial charge in [0.15, 0.2) is 0 Å². The van der Waals surface area contributed by atoms with E-state index >= 15 is 0 Å². The van der Waals surface area contributed by atoms with Crippen molar-refractivity contribution in [3.05, 3.63) is 204 Å². The number of nitrogens with one attached hydrogen (secondary N) is 2. The van der Waals surface area contributed by atoms with Gasteiger partial charge in [-0.2, -0.15) is 0 Å². The highest BCUT2D eigenvalue weighted by Crippen LogP contribution is 2.67. The fourth-order valence-corrected chi connectivity index (χ4v) is 11.6. The van der Waals surface area contributed by atoms with Crippen molar-refractivity contribution in [1.29, 1.82) is 0 Å². The molecule has 4 aliphatic carbocycles. The van der Waals surface area contributed by atoms with Gasteiger partial charge in [-0.1, -0.05) is 97.1 Å². The number of amides is 2. The summed E-state index contributed by atoms with van der Waals surface area (Å²) < 4.78 is 29.9. The van der Waals surface area contributed by atoms with Gasteiger partial charge >= 0.3 is 0 Å². The van der Waals surface area contributed by atoms with E-state index in [0.717, 1.165) is 30.6 Å². The van der Waals surface area contributed by atoms with Gasteiger partial charge in [0.1, 0.15) is 24.0 Å². The van der Waals surface area contributed by atoms with E-state index < -0.39 is 12.3 Å². The van der Waals surface area contributed by atoms with Gasteiger partial charge in [-0.3, -0.25) is 30.0 Å². The van der Waals surface area contributed by atoms with E-state index in [-0.39, 0.29) is 34.3 Å². The summed E-state index contributed by atoms with van der Waals surface area (Å²) in [5, 5.41) is 7.58. The van der Waals surface area contributed by atoms with E-state index in [4.69, 9.17) is 0 Å². The lowest BCUT2D eigenvalue weighted by atomic mass is 9.43. The molecule has 2 amide bonds. The fourth-order valence-electron chi connectivity index (χ4n) is 11.6. The molecule has 6 aromatic carbocycles. The molecular weight excluding hydrogens is 775 g/mol. The molecule has 316 valence electrons. The van der Waals surface area contributed by atoms with E-state index in [1.165, 1.54) is 56.4 Å². The van der Waals surface area contributed by atoms with Crippen molar-refractivity contribution in [2.45, 2.75) is 63.7 Å². The van der Waals surface area contributed by atoms with Crippen LogP contribution in [0.3, 0.4) is 0 Å². The first kappa shape index (κ1) is 41.4. The van der Waals surface area contributed by atoms with E-state index in [0.29, 0.717) is 47.2 Å². The molecule has 6 nitrogen and oxygen atoms in total. The molecule has 0 radical (unpaired) electrons. The molecule has 2 N–H and O–H groups in total. The second-order valence-corrected chi connectivity index (χ2v) is 18.0. The Morgan fingerprint density at radius 1 is 0.516 bits per heavy atom. The average molecular weight is 829 g/mol. The zero-order chi connectivity index (χ0) is 42.5. The number of benzene rings is 6. The summed E-state index contributed by atoms with van der Waals surface area (Å²) in [5.74, 6) is 0.287. The van der Waals surface area contributed by atoms with Crippen molar-refractivity contribution in [1.82, 2.24) is 10.6 Å². The lowest BCUT2D eigenvalue weighted by Crippen LogP contribution is -2.54. The number of para-hydroxylation sites is 2. The zero-order valence-corrected chi connectivity index (χ0v) is 35.0. The van der Waals surface area contributed by atoms with Gasteiger partial charge in [-0.25, -0.2) is 8.78 Å². The molecule has 6 aromatic rings. The number of halogens is 2. The Hall–Kier alpha value is -5.96. The smallest absolute Gasteiger partial charge is 0.259 e. The van der Waals surface area contributed by atoms with E-state index in [1.54, 1.807) is 21.9 Å². The second kappa shape index (κ2) is 18.2. The van der Waals surface area contributed by atoms with Crippen LogP contribution in [-0.4, -0.2) is 24.9 Å². The average Bonchev–Trinajstić information content (AvgIpc) is 3.29. The predicted octanol–water partition coefficient (Wildman–Crippen LogP) is 11.9. The lowest BCUT2D eigenvalue weighted by Gasteiger charge is -2.63. The summed E-state index contributed by atoms with van der Waals surface area (Å²) >= 11 is 0. The topological polar surface area (TPSA) is 64.7 Å². The minimum atomic E-state index is -0.598. The standard InChI is InChI=1S/C54H54F2N4O2/c55-45-21-13-19-43(32-45)49(59(47-23-9-3-10-24-47)51(61)41-15-5-1-6-16-41)57-29-27-53-34-39-31-40(35-53)37-54(36-39,38-53)28-30-58-50(44-20-14-22-46(56)33-44)60(48-25-11-4-12-26-48)52(62)42-17-7-2-8-18-42/h1-26,32-33,39-40,49-50,57-58H,27-31,34-38H2. The van der Waals surface area contributed by atoms with Gasteiger partial charge in [0, 0.05) is 22.5 Å². The Morgan fingerprint density at radius 3 is 1.26 bits per heavy atom. The SMILES string of the molecule is O=C(c1ccccc1)N(c1ccccc1)C(NCCC12CC3CC(C1)CC(CCNC(c1cccc(F)c1)N(C(=O)c1ccccc1)c1ccccc1)(C3)C2)c1cccc(F)c1. The number of hydrogen-bond acceptors (Lipinski definition) is 4. The maximum Gasteiger partial charge on any atom is 0.259 e. The number of carbonyl (C=O) groups is 2. The summed E-state index contributed by atoms with van der Waals surface area (Å²) in [6.07, 6.45) is 7.84. The van der Waals surface area contributed by atoms with E-state index in [1.807, 2.05) is 133 Å². The third kappa shape index (κ3) is 8.99. The molecule has 0 aromatic heterocycles. The summed E-state index contributed by atoms with van der Waals surface area (Å²) in [4.78, 5) is 32.4. The highest BCUT2D eigenvalue weighted by Gasteiger charge is 2.57. The Balaban J connectivity index is 0.956. The minimum absolute atomic E-state index is 0.145. The van der Waals surface area contributed by atoms with Crippen LogP contribution in [0.25, 0.3) is 0 Å². The van der Waals surface area contributed by atoms with Crippen LogP contribution in [0, 0.1) is 34.3 Å². The molecule has 4 saturated carbocycles. The maximum atomic E-state index is 14.9. The minimum Gasteiger partial charge on any atom is -0.293 e. The molecule has 0 spiro atoms. The normalized spacial score (nSPS) is 22.2. The van der Waals surface area contributed by atoms with Crippen LogP contribution in [0.1, 0.15) is 95.5 Å². The van der Waals surface area contributed by atoms with Crippen molar-refractivity contribution in [3.63, 3.8) is 0 Å². The lowest BCUT2D eigenvalue weighted by molar-refractivity contribution is -0.116. The van der Waals surface area contributed by atoms with Crippen LogP contribution in [0.4, 0.5) is 20.2 Å². The van der Waals surface area contributed by atoms with Crippen LogP contribution in [0.5, 0.6) is 0 Å². The van der Waals surface area contributed by atoms with Gasteiger partial charge in [0.05, 0.1) is 0 Å². The van der Waals surface area contributed by atoms with Crippen LogP contribution < -0.4 is 20.4 Å². The number of hydrogen-bond donors (Lipinski definition) is 2. The third-order valence-corrected chi connectivity index (χ3v) is 13.7. The molecule has 4 fully saturated rings. The quantitative estimate of drug-likeness (QED) is 0.0954. The second-order valence-electron chi connectivity index (χ2n) is 18.0. The molecule has 4 bridgehead atoms. The molecule has 8 heteroatoms. The molecule has 62 heavy (non-hydrogen) atoms. The monoisotopic (exact) mass is 828 g/mol. The summed E-state index contributed by atoms with van der Waals surface area (Å²) in [7, 11) is 0. The Kier molecular flexibility index (Phi) is 12.1. The summed E-state index contributed by atoms with van der Waals surface area (Å²) in [6.45, 7) is 1.32. The molecule has 0 heterocycles. The zero-order valence-electron chi connectivity index (χ0n) is 35.0. The van der Waals surface area contributed by atoms with Crippen molar-refractivity contribution >= 4 is 23.2 Å². The number of anilines is 2. The Labute approximate surface area is 364 Å². The molecule has 10 rings (SSSR count). The number of nitrogens with zero attached hydrogens (tertiary/aromatic N) is 2. The highest BCUT2D eigenvalue weighted by molar-refractivity contribution is 6.07. The fraction of sp³-hybridized carbons (Fsp3) is 0.296. The van der Waals surface area contributed by atoms with Crippen LogP contribution in [0.2, 0.25) is 0 Å². The van der Waals surface area contributed by atoms with Crippen molar-refractivity contribution in [3.8, 4) is 0 Å². The molecular formula is C54H54F2N4O2. The predicted molar refractivity (Wildman–Crippen MR) is 242 cm³/mol. The van der Waals surface area contributed by atoms with Gasteiger partial charge in [-0.15, -0.1) is 0 Å². The van der Waals surface area contributed by atoms with Gasteiger partial charge in [0.25, 0.3) is 11.8 Å². The molecule has 2 unspecified atom stereocenters. The molecule has 4 aliphatic rings. The molecule has 2 atom stereocenters. The van der Waals surface area contributed by atoms with E-state index in [9.17, 15) is 18.4 Å². The first-order valence-corrected chi connectivity index (χ1v) is 22.1. The number of rotatable bonds is 16. The van der Waals surface area contributed by atoms with Crippen molar-refractivity contribution < 1.29 is 18.4 Å². The van der Waals surface area contributed by atoms with Gasteiger partial charge in [0.2, 0.25) is 0 Å². The Morgan fingerprint density at radius 2 is 0.887 bits per heavy atom. The first-order valence-electron chi connectivity index (χ1n) is 22.1. The maximum absolute atomic E-state index is 14.9. The van der Waals surface area contributed by atoms with E-state index in [2.05, 4.69) is 10.6 Å². The van der Waals surface area contributed by atoms with Gasteiger partial charge < -0.3 is 0 Å². The Bertz CT molecular complexity index is 2270. The molecule has 0 aliphatic heterocycles. The third-order valence-electron chi connectivity index (χ3n) is 13.7. The van der Waals surface area contributed by atoms with Crippen LogP contribution in [0.15, 0.2) is 170 Å². The van der Waals surface area contributed by atoms with Crippen molar-refractivity contribution in [2.75, 3.05) is 22.9 Å². The van der Waals surface area contributed by atoms with Crippen molar-refractivity contribution in [2.24, 2.45) is 22.7 Å².